The summed E-state index contributed by atoms with van der Waals surface area (Å²) in [4.78, 5) is 25.6. The van der Waals surface area contributed by atoms with Crippen LogP contribution in [0.5, 0.6) is 0 Å². The van der Waals surface area contributed by atoms with E-state index in [0.29, 0.717) is 45.6 Å². The molecule has 0 radical (unpaired) electrons. The number of hydrogen-bond donors (Lipinski definition) is 1. The first-order valence-electron chi connectivity index (χ1n) is 20.4. The highest BCUT2D eigenvalue weighted by Gasteiger charge is 2.38. The van der Waals surface area contributed by atoms with Crippen LogP contribution < -0.4 is 8.61 Å². The number of pyridine rings is 4. The molecule has 6 aromatic rings. The molecule has 14 nitrogen and oxygen atoms in total. The molecule has 4 aromatic heterocycles. The molecule has 25 heteroatoms. The molecule has 0 saturated heterocycles. The molecule has 0 aliphatic carbocycles. The van der Waals surface area contributed by atoms with Gasteiger partial charge in [0.1, 0.15) is 24.2 Å². The number of rotatable bonds is 13. The molecule has 71 heavy (non-hydrogen) atoms. The first kappa shape index (κ1) is 58.3. The highest BCUT2D eigenvalue weighted by Crippen LogP contribution is 2.40. The minimum Gasteiger partial charge on any atom is -0.382 e. The number of aliphatic hydroxyl groups is 1. The number of benzene rings is 2. The van der Waals surface area contributed by atoms with E-state index in [1.165, 1.54) is 38.7 Å². The van der Waals surface area contributed by atoms with Crippen LogP contribution in [-0.2, 0) is 41.9 Å². The standard InChI is InChI=1S/C23H23ClF3N3O4S.C15H13BrClF3N2O3S.C8H9NO/c1-13-9-19(21(29-11-13)22(31)20-14(2)7-8-28-15(20)3)30(12-34-4)35(32,33)16-5-6-18(24)17(10-16)23(25,26)27;1-9-5-13(14(16)21-7-9)22(8-25-2)26(23,24)10-3-4-12(17)11(6-10)15(18,19)20;1-6-3-4-9-7(2)8(6)5-10/h5-11,22,31H,12H2,1-4H3;3-7H,8H2,1-2H3;3-5H,1-2H3. The van der Waals surface area contributed by atoms with Gasteiger partial charge < -0.3 is 14.6 Å². The van der Waals surface area contributed by atoms with Gasteiger partial charge in [-0.15, -0.1) is 0 Å². The van der Waals surface area contributed by atoms with Gasteiger partial charge in [-0.25, -0.2) is 30.4 Å². The maximum atomic E-state index is 13.6. The number of aldehydes is 1. The van der Waals surface area contributed by atoms with Gasteiger partial charge in [-0.1, -0.05) is 23.2 Å². The molecule has 0 aliphatic rings. The molecule has 6 rings (SSSR count). The van der Waals surface area contributed by atoms with Crippen molar-refractivity contribution in [3.05, 3.63) is 162 Å². The number of aliphatic hydroxyl groups excluding tert-OH is 1. The average Bonchev–Trinajstić information content (AvgIpc) is 3.28. The van der Waals surface area contributed by atoms with E-state index in [9.17, 15) is 53.1 Å². The number of hydrogen-bond acceptors (Lipinski definition) is 12. The van der Waals surface area contributed by atoms with E-state index in [1.807, 2.05) is 19.9 Å². The lowest BCUT2D eigenvalue weighted by Crippen LogP contribution is -2.34. The number of ether oxygens (including phenoxy) is 2. The Morgan fingerprint density at radius 2 is 1.10 bits per heavy atom. The first-order chi connectivity index (χ1) is 33.0. The van der Waals surface area contributed by atoms with Crippen molar-refractivity contribution in [2.24, 2.45) is 0 Å². The van der Waals surface area contributed by atoms with Crippen LogP contribution in [0.4, 0.5) is 37.7 Å². The number of aromatic nitrogens is 4. The second-order valence-electron chi connectivity index (χ2n) is 15.3. The molecule has 4 heterocycles. The van der Waals surface area contributed by atoms with Crippen LogP contribution in [0, 0.1) is 41.5 Å². The van der Waals surface area contributed by atoms with E-state index in [1.54, 1.807) is 46.2 Å². The molecule has 1 atom stereocenters. The minimum absolute atomic E-state index is 0.0274. The Morgan fingerprint density at radius 1 is 0.662 bits per heavy atom. The third-order valence-corrected chi connectivity index (χ3v) is 14.9. The van der Waals surface area contributed by atoms with Gasteiger partial charge in [-0.05, 0) is 140 Å². The topological polar surface area (TPSA) is 182 Å². The number of nitrogens with zero attached hydrogens (tertiary/aromatic N) is 6. The summed E-state index contributed by atoms with van der Waals surface area (Å²) in [5.41, 5.74) is 2.89. The van der Waals surface area contributed by atoms with Gasteiger partial charge >= 0.3 is 12.4 Å². The highest BCUT2D eigenvalue weighted by molar-refractivity contribution is 9.10. The Bertz CT molecular complexity index is 3080. The SMILES string of the molecule is COCN(c1cc(C)cnc1Br)S(=O)(=O)c1ccc(Cl)c(C(F)(F)F)c1.COCN(c1cc(C)cnc1C(O)c1c(C)ccnc1C)S(=O)(=O)c1ccc(Cl)c(C(F)(F)F)c1.Cc1ccnc(C)c1C=O. The average molecular weight is 1140 g/mol. The smallest absolute Gasteiger partial charge is 0.382 e. The summed E-state index contributed by atoms with van der Waals surface area (Å²) in [6.07, 6.45) is -3.94. The molecule has 0 fully saturated rings. The van der Waals surface area contributed by atoms with Crippen LogP contribution in [-0.4, -0.2) is 75.8 Å². The maximum absolute atomic E-state index is 13.6. The van der Waals surface area contributed by atoms with Crippen LogP contribution in [0.2, 0.25) is 10.0 Å². The molecule has 0 spiro atoms. The molecular formula is C46H45BrCl2F6N6O8S2. The van der Waals surface area contributed by atoms with Gasteiger partial charge in [0.25, 0.3) is 20.0 Å². The van der Waals surface area contributed by atoms with Crippen LogP contribution in [0.1, 0.15) is 72.5 Å². The van der Waals surface area contributed by atoms with Gasteiger partial charge in [0.15, 0.2) is 6.29 Å². The third-order valence-electron chi connectivity index (χ3n) is 10.1. The van der Waals surface area contributed by atoms with Crippen LogP contribution >= 0.6 is 39.1 Å². The predicted molar refractivity (Wildman–Crippen MR) is 259 cm³/mol. The van der Waals surface area contributed by atoms with Crippen molar-refractivity contribution in [3.63, 3.8) is 0 Å². The van der Waals surface area contributed by atoms with Gasteiger partial charge in [0.2, 0.25) is 0 Å². The van der Waals surface area contributed by atoms with Crippen LogP contribution in [0.15, 0.2) is 99.8 Å². The molecule has 1 unspecified atom stereocenters. The normalized spacial score (nSPS) is 12.3. The van der Waals surface area contributed by atoms with Gasteiger partial charge in [0.05, 0.1) is 48.0 Å². The van der Waals surface area contributed by atoms with Crippen molar-refractivity contribution in [3.8, 4) is 0 Å². The number of alkyl halides is 6. The van der Waals surface area contributed by atoms with Gasteiger partial charge in [0, 0.05) is 61.5 Å². The van der Waals surface area contributed by atoms with E-state index in [0.717, 1.165) is 50.4 Å². The van der Waals surface area contributed by atoms with E-state index < -0.39 is 82.9 Å². The monoisotopic (exact) mass is 1140 g/mol. The number of carbonyl (C=O) groups excluding carboxylic acids is 1. The van der Waals surface area contributed by atoms with Crippen molar-refractivity contribution >= 4 is 76.8 Å². The third kappa shape index (κ3) is 14.0. The zero-order valence-electron chi connectivity index (χ0n) is 38.9. The summed E-state index contributed by atoms with van der Waals surface area (Å²) in [6.45, 7) is 9.57. The molecule has 0 aliphatic heterocycles. The summed E-state index contributed by atoms with van der Waals surface area (Å²) in [6, 6.07) is 11.2. The number of halogens is 9. The van der Waals surface area contributed by atoms with E-state index in [4.69, 9.17) is 32.7 Å². The Labute approximate surface area is 424 Å². The summed E-state index contributed by atoms with van der Waals surface area (Å²) in [5, 5.41) is 10.0. The highest BCUT2D eigenvalue weighted by atomic mass is 79.9. The summed E-state index contributed by atoms with van der Waals surface area (Å²) in [5.74, 6) is 0. The quantitative estimate of drug-likeness (QED) is 0.0501. The van der Waals surface area contributed by atoms with E-state index in [-0.39, 0.29) is 21.7 Å². The lowest BCUT2D eigenvalue weighted by molar-refractivity contribution is -0.138. The second kappa shape index (κ2) is 24.0. The zero-order valence-corrected chi connectivity index (χ0v) is 43.6. The number of aryl methyl sites for hydroxylation is 6. The number of methoxy groups -OCH3 is 2. The van der Waals surface area contributed by atoms with E-state index >= 15 is 0 Å². The molecule has 0 bridgehead atoms. The lowest BCUT2D eigenvalue weighted by atomic mass is 9.98. The number of anilines is 2. The minimum atomic E-state index is -4.86. The van der Waals surface area contributed by atoms with Gasteiger partial charge in [-0.2, -0.15) is 26.3 Å². The fraction of sp³-hybridized carbons (Fsp3) is 0.283. The van der Waals surface area contributed by atoms with Crippen molar-refractivity contribution in [2.45, 2.75) is 69.8 Å². The molecular weight excluding hydrogens is 1090 g/mol. The van der Waals surface area contributed by atoms with Crippen LogP contribution in [0.3, 0.4) is 0 Å². The van der Waals surface area contributed by atoms with Crippen molar-refractivity contribution in [1.29, 1.82) is 0 Å². The summed E-state index contributed by atoms with van der Waals surface area (Å²) in [7, 11) is -6.48. The number of sulfonamides is 2. The fourth-order valence-electron chi connectivity index (χ4n) is 6.62. The zero-order chi connectivity index (χ0) is 53.4. The second-order valence-corrected chi connectivity index (χ2v) is 20.6. The first-order valence-corrected chi connectivity index (χ1v) is 24.8. The maximum Gasteiger partial charge on any atom is 0.417 e. The van der Waals surface area contributed by atoms with Crippen molar-refractivity contribution in [1.82, 2.24) is 19.9 Å². The Morgan fingerprint density at radius 3 is 1.52 bits per heavy atom. The summed E-state index contributed by atoms with van der Waals surface area (Å²) >= 11 is 14.4. The Balaban J connectivity index is 0.000000265. The molecule has 382 valence electrons. The Kier molecular flexibility index (Phi) is 19.7. The predicted octanol–water partition coefficient (Wildman–Crippen LogP) is 11.1. The molecule has 0 amide bonds. The fourth-order valence-corrected chi connectivity index (χ4v) is 10.4. The van der Waals surface area contributed by atoms with E-state index in [2.05, 4.69) is 35.9 Å². The lowest BCUT2D eigenvalue weighted by Gasteiger charge is -2.28. The molecule has 2 aromatic carbocycles. The molecule has 0 saturated carbocycles. The van der Waals surface area contributed by atoms with Crippen molar-refractivity contribution in [2.75, 3.05) is 36.3 Å². The summed E-state index contributed by atoms with van der Waals surface area (Å²) < 4.78 is 144. The largest absolute Gasteiger partial charge is 0.417 e. The van der Waals surface area contributed by atoms with Gasteiger partial charge in [-0.3, -0.25) is 19.7 Å². The van der Waals surface area contributed by atoms with Crippen molar-refractivity contribution < 1.29 is 62.6 Å². The molecule has 1 N–H and O–H groups in total. The van der Waals surface area contributed by atoms with Crippen LogP contribution in [0.25, 0.3) is 0 Å². The number of carbonyl (C=O) groups is 1. The Hall–Kier alpha value is -5.27.